The normalized spacial score (nSPS) is 25.1. The monoisotopic (exact) mass is 476 g/mol. The highest BCUT2D eigenvalue weighted by Gasteiger charge is 2.54. The fraction of sp³-hybridized carbons (Fsp3) is 0.478. The van der Waals surface area contributed by atoms with Crippen LogP contribution < -0.4 is 5.32 Å². The zero-order chi connectivity index (χ0) is 22.7. The maximum atomic E-state index is 12.5. The van der Waals surface area contributed by atoms with Gasteiger partial charge in [-0.25, -0.2) is 13.4 Å². The van der Waals surface area contributed by atoms with E-state index >= 15 is 0 Å². The van der Waals surface area contributed by atoms with Crippen LogP contribution in [-0.2, 0) is 9.84 Å². The Balaban J connectivity index is 1.14. The number of fused-ring (bicyclic) bond motifs is 1. The van der Waals surface area contributed by atoms with Crippen molar-refractivity contribution in [1.29, 1.82) is 0 Å². The van der Waals surface area contributed by atoms with E-state index in [9.17, 15) is 13.2 Å². The Morgan fingerprint density at radius 2 is 1.94 bits per heavy atom. The van der Waals surface area contributed by atoms with E-state index in [1.807, 2.05) is 19.9 Å². The summed E-state index contributed by atoms with van der Waals surface area (Å²) in [7, 11) is -3.52. The van der Waals surface area contributed by atoms with Crippen molar-refractivity contribution in [2.75, 3.05) is 5.75 Å². The van der Waals surface area contributed by atoms with Crippen LogP contribution in [0.3, 0.4) is 0 Å². The van der Waals surface area contributed by atoms with E-state index in [0.29, 0.717) is 5.02 Å². The molecule has 2 saturated carbocycles. The van der Waals surface area contributed by atoms with Crippen LogP contribution in [0, 0.1) is 11.3 Å². The fourth-order valence-electron chi connectivity index (χ4n) is 5.06. The van der Waals surface area contributed by atoms with Gasteiger partial charge in [-0.3, -0.25) is 4.79 Å². The van der Waals surface area contributed by atoms with E-state index in [4.69, 9.17) is 20.4 Å². The smallest absolute Gasteiger partial charge is 0.287 e. The fourth-order valence-corrected chi connectivity index (χ4v) is 6.76. The number of halogens is 1. The van der Waals surface area contributed by atoms with Crippen molar-refractivity contribution in [3.8, 4) is 0 Å². The Hall–Kier alpha value is -2.32. The van der Waals surface area contributed by atoms with Crippen LogP contribution in [0.4, 0.5) is 0 Å². The number of nitrogens with one attached hydrogen (secondary N) is 1. The summed E-state index contributed by atoms with van der Waals surface area (Å²) >= 11 is 6.02. The van der Waals surface area contributed by atoms with Crippen LogP contribution in [0.2, 0.25) is 5.02 Å². The van der Waals surface area contributed by atoms with Gasteiger partial charge in [0.05, 0.1) is 5.75 Å². The number of aromatic nitrogens is 1. The molecule has 1 amide bonds. The molecular formula is C23H25ClN2O5S. The minimum Gasteiger partial charge on any atom is -0.440 e. The van der Waals surface area contributed by atoms with E-state index in [0.717, 1.165) is 42.7 Å². The van der Waals surface area contributed by atoms with E-state index in [1.54, 1.807) is 12.1 Å². The molecule has 1 spiro atoms. The second-order valence-electron chi connectivity index (χ2n) is 9.64. The quantitative estimate of drug-likeness (QED) is 0.539. The Kier molecular flexibility index (Phi) is 5.13. The molecule has 0 aliphatic heterocycles. The molecular weight excluding hydrogens is 452 g/mol. The number of amides is 1. The topological polar surface area (TPSA) is 102 Å². The third-order valence-electron chi connectivity index (χ3n) is 6.43. The number of carbonyl (C=O) groups is 1. The zero-order valence-electron chi connectivity index (χ0n) is 17.9. The van der Waals surface area contributed by atoms with Crippen LogP contribution in [0.15, 0.2) is 44.3 Å². The number of nitrogens with zero attached hydrogens (tertiary/aromatic N) is 1. The number of benzene rings is 1. The maximum Gasteiger partial charge on any atom is 0.287 e. The van der Waals surface area contributed by atoms with E-state index in [1.165, 1.54) is 12.1 Å². The molecule has 3 aromatic rings. The van der Waals surface area contributed by atoms with Crippen molar-refractivity contribution in [3.63, 3.8) is 0 Å². The Labute approximate surface area is 191 Å². The van der Waals surface area contributed by atoms with Crippen molar-refractivity contribution in [2.45, 2.75) is 56.6 Å². The number of oxazole rings is 1. The van der Waals surface area contributed by atoms with Crippen molar-refractivity contribution in [3.05, 3.63) is 47.0 Å². The number of sulfone groups is 1. The van der Waals surface area contributed by atoms with Gasteiger partial charge < -0.3 is 14.2 Å². The van der Waals surface area contributed by atoms with Crippen LogP contribution in [0.1, 0.15) is 61.9 Å². The van der Waals surface area contributed by atoms with Crippen molar-refractivity contribution < 1.29 is 22.0 Å². The SMILES string of the molecule is CC(C)CS(=O)(=O)c1ccc(C(=O)NC2CC3(C2)CC(c2nc4cc(Cl)ccc4o2)C3)o1. The lowest BCUT2D eigenvalue weighted by atomic mass is 9.50. The zero-order valence-corrected chi connectivity index (χ0v) is 19.5. The second-order valence-corrected chi connectivity index (χ2v) is 12.0. The first kappa shape index (κ1) is 21.5. The summed E-state index contributed by atoms with van der Waals surface area (Å²) in [4.78, 5) is 17.1. The van der Waals surface area contributed by atoms with E-state index < -0.39 is 9.84 Å². The molecule has 2 aromatic heterocycles. The average molecular weight is 477 g/mol. The Bertz CT molecular complexity index is 1280. The van der Waals surface area contributed by atoms with Gasteiger partial charge in [0.1, 0.15) is 5.52 Å². The minimum atomic E-state index is -3.52. The first-order chi connectivity index (χ1) is 15.1. The highest BCUT2D eigenvalue weighted by molar-refractivity contribution is 7.91. The highest BCUT2D eigenvalue weighted by atomic mass is 35.5. The lowest BCUT2D eigenvalue weighted by molar-refractivity contribution is -0.0256. The molecule has 0 radical (unpaired) electrons. The molecule has 2 aliphatic rings. The number of hydrogen-bond acceptors (Lipinski definition) is 6. The number of furan rings is 1. The molecule has 170 valence electrons. The summed E-state index contributed by atoms with van der Waals surface area (Å²) < 4.78 is 35.8. The van der Waals surface area contributed by atoms with E-state index in [-0.39, 0.29) is 45.8 Å². The highest BCUT2D eigenvalue weighted by Crippen LogP contribution is 2.61. The number of hydrogen-bond donors (Lipinski definition) is 1. The lowest BCUT2D eigenvalue weighted by Crippen LogP contribution is -2.55. The molecule has 0 atom stereocenters. The van der Waals surface area contributed by atoms with Gasteiger partial charge in [0.2, 0.25) is 14.9 Å². The minimum absolute atomic E-state index is 0.0129. The summed E-state index contributed by atoms with van der Waals surface area (Å²) in [5, 5.41) is 3.45. The van der Waals surface area contributed by atoms with Crippen LogP contribution in [0.25, 0.3) is 11.1 Å². The van der Waals surface area contributed by atoms with Gasteiger partial charge in [0.25, 0.3) is 5.91 Å². The number of rotatable bonds is 6. The van der Waals surface area contributed by atoms with Gasteiger partial charge in [-0.2, -0.15) is 0 Å². The Morgan fingerprint density at radius 1 is 1.19 bits per heavy atom. The van der Waals surface area contributed by atoms with Gasteiger partial charge in [0, 0.05) is 17.0 Å². The summed E-state index contributed by atoms with van der Waals surface area (Å²) in [6, 6.07) is 8.29. The van der Waals surface area contributed by atoms with Crippen LogP contribution in [-0.4, -0.2) is 31.1 Å². The molecule has 0 saturated heterocycles. The van der Waals surface area contributed by atoms with Crippen LogP contribution >= 0.6 is 11.6 Å². The van der Waals surface area contributed by atoms with Gasteiger partial charge in [-0.05, 0) is 67.3 Å². The lowest BCUT2D eigenvalue weighted by Gasteiger charge is -2.57. The van der Waals surface area contributed by atoms with Crippen molar-refractivity contribution in [1.82, 2.24) is 10.3 Å². The molecule has 0 unspecified atom stereocenters. The Morgan fingerprint density at radius 3 is 2.66 bits per heavy atom. The van der Waals surface area contributed by atoms with Crippen molar-refractivity contribution >= 4 is 38.4 Å². The van der Waals surface area contributed by atoms with Crippen LogP contribution in [0.5, 0.6) is 0 Å². The third-order valence-corrected chi connectivity index (χ3v) is 8.61. The molecule has 9 heteroatoms. The molecule has 1 N–H and O–H groups in total. The first-order valence-corrected chi connectivity index (χ1v) is 12.8. The van der Waals surface area contributed by atoms with Gasteiger partial charge in [-0.15, -0.1) is 0 Å². The molecule has 32 heavy (non-hydrogen) atoms. The van der Waals surface area contributed by atoms with E-state index in [2.05, 4.69) is 10.3 Å². The summed E-state index contributed by atoms with van der Waals surface area (Å²) in [5.41, 5.74) is 1.74. The standard InChI is InChI=1S/C23H25ClN2O5S/c1-13(2)12-32(28,29)20-6-5-19(30-20)21(27)25-16-10-23(11-16)8-14(9-23)22-26-17-7-15(24)3-4-18(17)31-22/h3-7,13-14,16H,8-12H2,1-2H3,(H,25,27). The summed E-state index contributed by atoms with van der Waals surface area (Å²) in [6.45, 7) is 3.65. The first-order valence-electron chi connectivity index (χ1n) is 10.8. The molecule has 2 heterocycles. The predicted molar refractivity (Wildman–Crippen MR) is 120 cm³/mol. The van der Waals surface area contributed by atoms with Gasteiger partial charge in [-0.1, -0.05) is 25.4 Å². The largest absolute Gasteiger partial charge is 0.440 e. The molecule has 0 bridgehead atoms. The second kappa shape index (κ2) is 7.63. The molecule has 1 aromatic carbocycles. The summed E-state index contributed by atoms with van der Waals surface area (Å²) in [6.07, 6.45) is 3.75. The van der Waals surface area contributed by atoms with Gasteiger partial charge >= 0.3 is 0 Å². The molecule has 2 fully saturated rings. The van der Waals surface area contributed by atoms with Crippen molar-refractivity contribution in [2.24, 2.45) is 11.3 Å². The molecule has 2 aliphatic carbocycles. The third kappa shape index (κ3) is 3.94. The predicted octanol–water partition coefficient (Wildman–Crippen LogP) is 4.96. The molecule has 5 rings (SSSR count). The van der Waals surface area contributed by atoms with Gasteiger partial charge in [0.15, 0.2) is 17.2 Å². The maximum absolute atomic E-state index is 12.5. The summed E-state index contributed by atoms with van der Waals surface area (Å²) in [5.74, 6) is 0.670. The molecule has 7 nitrogen and oxygen atoms in total. The average Bonchev–Trinajstić information content (AvgIpc) is 3.28. The number of carbonyl (C=O) groups excluding carboxylic acids is 1.